The highest BCUT2D eigenvalue weighted by atomic mass is 16.7. The van der Waals surface area contributed by atoms with Crippen LogP contribution in [-0.2, 0) is 14.3 Å². The minimum absolute atomic E-state index is 0.249. The van der Waals surface area contributed by atoms with Crippen LogP contribution < -0.4 is 5.32 Å². The molecule has 1 amide bonds. The Morgan fingerprint density at radius 3 is 1.39 bits per heavy atom. The average molecular weight is 912 g/mol. The van der Waals surface area contributed by atoms with E-state index in [4.69, 9.17) is 9.47 Å². The molecule has 0 radical (unpaired) electrons. The molecular weight excluding hydrogens is 811 g/mol. The lowest BCUT2D eigenvalue weighted by atomic mass is 9.98. The number of aliphatic hydroxyl groups excluding tert-OH is 7. The van der Waals surface area contributed by atoms with Crippen molar-refractivity contribution in [2.45, 2.75) is 294 Å². The van der Waals surface area contributed by atoms with E-state index in [1.165, 1.54) is 135 Å². The van der Waals surface area contributed by atoms with Crippen LogP contribution in [0.15, 0.2) is 24.3 Å². The number of amides is 1. The number of hydrogen-bond acceptors (Lipinski definition) is 10. The van der Waals surface area contributed by atoms with Crippen molar-refractivity contribution in [3.8, 4) is 0 Å². The Balaban J connectivity index is 2.37. The monoisotopic (exact) mass is 912 g/mol. The number of allylic oxidation sites excluding steroid dienone is 4. The van der Waals surface area contributed by atoms with Crippen molar-refractivity contribution in [1.82, 2.24) is 5.32 Å². The first-order chi connectivity index (χ1) is 31.2. The lowest BCUT2D eigenvalue weighted by molar-refractivity contribution is -0.303. The highest BCUT2D eigenvalue weighted by Gasteiger charge is 2.44. The fourth-order valence-corrected chi connectivity index (χ4v) is 8.59. The molecule has 0 spiro atoms. The van der Waals surface area contributed by atoms with E-state index in [0.717, 1.165) is 64.2 Å². The summed E-state index contributed by atoms with van der Waals surface area (Å²) in [6.07, 6.45) is 37.9. The summed E-state index contributed by atoms with van der Waals surface area (Å²) in [5.41, 5.74) is 0. The van der Waals surface area contributed by atoms with Crippen molar-refractivity contribution in [2.24, 2.45) is 0 Å². The smallest absolute Gasteiger partial charge is 0.249 e. The second-order valence-electron chi connectivity index (χ2n) is 19.0. The molecule has 0 aliphatic carbocycles. The van der Waals surface area contributed by atoms with Gasteiger partial charge < -0.3 is 50.5 Å². The number of carbonyl (C=O) groups is 1. The van der Waals surface area contributed by atoms with Crippen LogP contribution in [0.25, 0.3) is 0 Å². The maximum Gasteiger partial charge on any atom is 0.249 e. The molecule has 1 fully saturated rings. The molecule has 64 heavy (non-hydrogen) atoms. The Labute approximate surface area is 391 Å². The second kappa shape index (κ2) is 42.9. The molecule has 9 unspecified atom stereocenters. The standard InChI is InChI=1S/C53H101NO10/c1-3-5-7-9-11-13-15-17-19-20-21-22-23-24-25-27-29-31-33-35-37-39-41-46(57)52(62)54-44(43-63-53-51(61)50(60)49(59)47(42-55)64-53)48(58)45(56)40-38-36-34-32-30-28-26-18-16-14-12-10-8-6-4-2/h21-22,24-25,44-51,53,55-61H,3-20,23,26-43H2,1-2H3,(H,54,62)/b22-21-,25-24-. The van der Waals surface area contributed by atoms with Gasteiger partial charge in [0, 0.05) is 0 Å². The molecule has 1 saturated heterocycles. The van der Waals surface area contributed by atoms with Gasteiger partial charge in [-0.2, -0.15) is 0 Å². The van der Waals surface area contributed by atoms with Crippen molar-refractivity contribution >= 4 is 5.91 Å². The highest BCUT2D eigenvalue weighted by Crippen LogP contribution is 2.23. The van der Waals surface area contributed by atoms with Crippen molar-refractivity contribution in [2.75, 3.05) is 13.2 Å². The summed E-state index contributed by atoms with van der Waals surface area (Å²) in [6.45, 7) is 3.46. The number of unbranched alkanes of at least 4 members (excludes halogenated alkanes) is 29. The Morgan fingerprint density at radius 2 is 0.953 bits per heavy atom. The van der Waals surface area contributed by atoms with Gasteiger partial charge in [0.05, 0.1) is 25.4 Å². The Morgan fingerprint density at radius 1 is 0.547 bits per heavy atom. The Hall–Kier alpha value is -1.41. The van der Waals surface area contributed by atoms with Crippen LogP contribution in [0, 0.1) is 0 Å². The SMILES string of the molecule is CCCCCCCCCCC/C=C\C/C=C\CCCCCCCCC(O)C(=O)NC(COC1OC(CO)C(O)C(O)C1O)C(O)C(O)CCCCCCCCCCCCCCCCC. The van der Waals surface area contributed by atoms with Gasteiger partial charge in [0.2, 0.25) is 5.91 Å². The maximum atomic E-state index is 13.1. The van der Waals surface area contributed by atoms with Gasteiger partial charge >= 0.3 is 0 Å². The van der Waals surface area contributed by atoms with Crippen LogP contribution in [0.4, 0.5) is 0 Å². The fraction of sp³-hybridized carbons (Fsp3) is 0.906. The van der Waals surface area contributed by atoms with Crippen molar-refractivity contribution in [3.05, 3.63) is 24.3 Å². The Kier molecular flexibility index (Phi) is 40.6. The maximum absolute atomic E-state index is 13.1. The lowest BCUT2D eigenvalue weighted by Crippen LogP contribution is -2.60. The minimum Gasteiger partial charge on any atom is -0.394 e. The van der Waals surface area contributed by atoms with Gasteiger partial charge in [0.25, 0.3) is 0 Å². The van der Waals surface area contributed by atoms with Gasteiger partial charge in [-0.3, -0.25) is 4.79 Å². The number of carbonyl (C=O) groups excluding carboxylic acids is 1. The number of hydrogen-bond donors (Lipinski definition) is 8. The summed E-state index contributed by atoms with van der Waals surface area (Å²) in [5, 5.41) is 75.9. The molecule has 0 aromatic heterocycles. The van der Waals surface area contributed by atoms with E-state index in [0.29, 0.717) is 19.3 Å². The van der Waals surface area contributed by atoms with Crippen LogP contribution in [0.5, 0.6) is 0 Å². The molecule has 11 nitrogen and oxygen atoms in total. The van der Waals surface area contributed by atoms with Crippen molar-refractivity contribution in [3.63, 3.8) is 0 Å². The molecule has 378 valence electrons. The molecule has 0 saturated carbocycles. The molecule has 0 aromatic carbocycles. The van der Waals surface area contributed by atoms with Crippen LogP contribution in [0.1, 0.15) is 239 Å². The summed E-state index contributed by atoms with van der Waals surface area (Å²) in [7, 11) is 0. The topological polar surface area (TPSA) is 189 Å². The summed E-state index contributed by atoms with van der Waals surface area (Å²) >= 11 is 0. The van der Waals surface area contributed by atoms with Crippen LogP contribution in [-0.4, -0.2) is 110 Å². The molecule has 0 bridgehead atoms. The molecule has 1 heterocycles. The zero-order valence-electron chi connectivity index (χ0n) is 41.0. The highest BCUT2D eigenvalue weighted by molar-refractivity contribution is 5.80. The van der Waals surface area contributed by atoms with E-state index in [1.807, 2.05) is 0 Å². The van der Waals surface area contributed by atoms with E-state index < -0.39 is 74.2 Å². The third-order valence-corrected chi connectivity index (χ3v) is 13.0. The van der Waals surface area contributed by atoms with Crippen molar-refractivity contribution in [1.29, 1.82) is 0 Å². The number of nitrogens with one attached hydrogen (secondary N) is 1. The minimum atomic E-state index is -1.66. The van der Waals surface area contributed by atoms with Crippen LogP contribution >= 0.6 is 0 Å². The summed E-state index contributed by atoms with van der Waals surface area (Å²) < 4.78 is 11.1. The molecule has 0 aromatic rings. The normalized spacial score (nSPS) is 21.2. The third kappa shape index (κ3) is 31.5. The van der Waals surface area contributed by atoms with E-state index >= 15 is 0 Å². The predicted molar refractivity (Wildman–Crippen MR) is 261 cm³/mol. The first-order valence-electron chi connectivity index (χ1n) is 26.7. The van der Waals surface area contributed by atoms with E-state index in [2.05, 4.69) is 43.5 Å². The van der Waals surface area contributed by atoms with Gasteiger partial charge in [-0.15, -0.1) is 0 Å². The first kappa shape index (κ1) is 60.6. The molecule has 1 rings (SSSR count). The third-order valence-electron chi connectivity index (χ3n) is 13.0. The molecule has 1 aliphatic heterocycles. The second-order valence-corrected chi connectivity index (χ2v) is 19.0. The number of rotatable bonds is 45. The Bertz CT molecular complexity index is 1090. The fourth-order valence-electron chi connectivity index (χ4n) is 8.59. The van der Waals surface area contributed by atoms with E-state index in [9.17, 15) is 40.5 Å². The first-order valence-corrected chi connectivity index (χ1v) is 26.7. The lowest BCUT2D eigenvalue weighted by Gasteiger charge is -2.40. The van der Waals surface area contributed by atoms with Gasteiger partial charge in [0.15, 0.2) is 6.29 Å². The summed E-state index contributed by atoms with van der Waals surface area (Å²) in [4.78, 5) is 13.1. The van der Waals surface area contributed by atoms with Gasteiger partial charge in [0.1, 0.15) is 36.6 Å². The van der Waals surface area contributed by atoms with Crippen molar-refractivity contribution < 1.29 is 50.0 Å². The van der Waals surface area contributed by atoms with Crippen LogP contribution in [0.2, 0.25) is 0 Å². The molecule has 8 N–H and O–H groups in total. The van der Waals surface area contributed by atoms with E-state index in [-0.39, 0.29) is 6.42 Å². The largest absolute Gasteiger partial charge is 0.394 e. The molecule has 11 heteroatoms. The summed E-state index contributed by atoms with van der Waals surface area (Å²) in [6, 6.07) is -1.17. The molecular formula is C53H101NO10. The summed E-state index contributed by atoms with van der Waals surface area (Å²) in [5.74, 6) is -0.703. The van der Waals surface area contributed by atoms with Crippen LogP contribution in [0.3, 0.4) is 0 Å². The molecule has 9 atom stereocenters. The zero-order chi connectivity index (χ0) is 46.9. The number of ether oxygens (including phenoxy) is 2. The van der Waals surface area contributed by atoms with Gasteiger partial charge in [-0.25, -0.2) is 0 Å². The zero-order valence-corrected chi connectivity index (χ0v) is 41.0. The average Bonchev–Trinajstić information content (AvgIpc) is 3.29. The molecule has 1 aliphatic rings. The quantitative estimate of drug-likeness (QED) is 0.0216. The van der Waals surface area contributed by atoms with Gasteiger partial charge in [-0.05, 0) is 44.9 Å². The predicted octanol–water partition coefficient (Wildman–Crippen LogP) is 10.2. The van der Waals surface area contributed by atoms with E-state index in [1.54, 1.807) is 0 Å². The number of aliphatic hydroxyl groups is 7. The van der Waals surface area contributed by atoms with Gasteiger partial charge in [-0.1, -0.05) is 218 Å².